The molecule has 3 rings (SSSR count). The number of β-amino-alcohol motifs (C(OH)–C–C–N with tert-alkyl or cyclic N) is 1. The van der Waals surface area contributed by atoms with Crippen LogP contribution in [0.1, 0.15) is 19.4 Å². The van der Waals surface area contributed by atoms with Crippen LogP contribution < -0.4 is 10.2 Å². The van der Waals surface area contributed by atoms with Gasteiger partial charge in [0.05, 0.1) is 13.2 Å². The topological polar surface area (TPSA) is 72.9 Å². The van der Waals surface area contributed by atoms with Crippen molar-refractivity contribution in [1.29, 1.82) is 0 Å². The lowest BCUT2D eigenvalue weighted by atomic mass is 9.87. The molecule has 2 N–H and O–H groups in total. The van der Waals surface area contributed by atoms with Crippen molar-refractivity contribution in [1.82, 2.24) is 4.90 Å². The number of likely N-dealkylation sites (N-methyl/N-ethyl adjacent to an activating group) is 1. The fourth-order valence-corrected chi connectivity index (χ4v) is 3.32. The van der Waals surface area contributed by atoms with Gasteiger partial charge in [-0.15, -0.1) is 0 Å². The zero-order valence-electron chi connectivity index (χ0n) is 13.6. The van der Waals surface area contributed by atoms with E-state index >= 15 is 0 Å². The van der Waals surface area contributed by atoms with E-state index in [4.69, 9.17) is 5.11 Å². The maximum Gasteiger partial charge on any atom is 0.277 e. The summed E-state index contributed by atoms with van der Waals surface area (Å²) in [5, 5.41) is 12.0. The minimum Gasteiger partial charge on any atom is -0.395 e. The number of hydrogen-bond donors (Lipinski definition) is 2. The number of aliphatic hydroxyl groups is 1. The molecule has 0 aromatic heterocycles. The van der Waals surface area contributed by atoms with Gasteiger partial charge in [0.15, 0.2) is 0 Å². The van der Waals surface area contributed by atoms with Gasteiger partial charge in [-0.2, -0.15) is 0 Å². The van der Waals surface area contributed by atoms with Crippen LogP contribution in [0.4, 0.5) is 11.4 Å². The molecule has 0 bridgehead atoms. The molecule has 122 valence electrons. The number of benzene rings is 1. The summed E-state index contributed by atoms with van der Waals surface area (Å²) in [4.78, 5) is 27.2. The predicted molar refractivity (Wildman–Crippen MR) is 88.2 cm³/mol. The van der Waals surface area contributed by atoms with E-state index in [1.807, 2.05) is 18.2 Å². The summed E-state index contributed by atoms with van der Waals surface area (Å²) < 4.78 is 0. The smallest absolute Gasteiger partial charge is 0.277 e. The predicted octanol–water partition coefficient (Wildman–Crippen LogP) is 1.07. The molecular weight excluding hydrogens is 294 g/mol. The SMILES string of the molecule is CN1CC(C)(C)c2cc(NC3=CC(=O)N(CCO)C3=O)ccc21. The molecule has 1 aromatic carbocycles. The van der Waals surface area contributed by atoms with Gasteiger partial charge < -0.3 is 15.3 Å². The van der Waals surface area contributed by atoms with E-state index < -0.39 is 11.8 Å². The minimum atomic E-state index is -0.402. The van der Waals surface area contributed by atoms with E-state index in [0.29, 0.717) is 0 Å². The Balaban J connectivity index is 1.84. The fraction of sp³-hybridized carbons (Fsp3) is 0.412. The van der Waals surface area contributed by atoms with Gasteiger partial charge >= 0.3 is 0 Å². The van der Waals surface area contributed by atoms with E-state index in [1.54, 1.807) is 0 Å². The fourth-order valence-electron chi connectivity index (χ4n) is 3.32. The lowest BCUT2D eigenvalue weighted by Gasteiger charge is -2.19. The number of aliphatic hydroxyl groups excluding tert-OH is 1. The summed E-state index contributed by atoms with van der Waals surface area (Å²) in [6.45, 7) is 5.09. The first kappa shape index (κ1) is 15.6. The Labute approximate surface area is 135 Å². The van der Waals surface area contributed by atoms with Crippen LogP contribution in [0.3, 0.4) is 0 Å². The molecule has 2 heterocycles. The molecule has 2 aliphatic heterocycles. The second-order valence-corrected chi connectivity index (χ2v) is 6.67. The van der Waals surface area contributed by atoms with Crippen LogP contribution in [0, 0.1) is 0 Å². The largest absolute Gasteiger partial charge is 0.395 e. The maximum absolute atomic E-state index is 12.2. The third-order valence-electron chi connectivity index (χ3n) is 4.38. The summed E-state index contributed by atoms with van der Waals surface area (Å²) in [7, 11) is 2.06. The molecule has 0 spiro atoms. The van der Waals surface area contributed by atoms with E-state index in [9.17, 15) is 9.59 Å². The minimum absolute atomic E-state index is 0.0152. The number of hydrogen-bond acceptors (Lipinski definition) is 5. The molecule has 0 saturated carbocycles. The number of amides is 2. The van der Waals surface area contributed by atoms with Crippen LogP contribution in [-0.4, -0.2) is 48.6 Å². The molecule has 0 fully saturated rings. The van der Waals surface area contributed by atoms with Gasteiger partial charge in [0, 0.05) is 36.5 Å². The summed E-state index contributed by atoms with van der Waals surface area (Å²) >= 11 is 0. The Hall–Kier alpha value is -2.34. The summed E-state index contributed by atoms with van der Waals surface area (Å²) in [5.41, 5.74) is 3.46. The third-order valence-corrected chi connectivity index (χ3v) is 4.38. The Morgan fingerprint density at radius 1 is 1.30 bits per heavy atom. The summed E-state index contributed by atoms with van der Waals surface area (Å²) in [6, 6.07) is 5.97. The maximum atomic E-state index is 12.2. The van der Waals surface area contributed by atoms with Gasteiger partial charge in [-0.3, -0.25) is 14.5 Å². The van der Waals surface area contributed by atoms with Gasteiger partial charge in [0.1, 0.15) is 5.70 Å². The number of carbonyl (C=O) groups is 2. The summed E-state index contributed by atoms with van der Waals surface area (Å²) in [5.74, 6) is -0.798. The monoisotopic (exact) mass is 315 g/mol. The second kappa shape index (κ2) is 5.38. The Bertz CT molecular complexity index is 709. The van der Waals surface area contributed by atoms with Crippen molar-refractivity contribution in [2.24, 2.45) is 0 Å². The highest BCUT2D eigenvalue weighted by molar-refractivity contribution is 6.17. The normalized spacial score (nSPS) is 19.2. The highest BCUT2D eigenvalue weighted by Crippen LogP contribution is 2.41. The number of anilines is 2. The van der Waals surface area contributed by atoms with Crippen molar-refractivity contribution in [3.8, 4) is 0 Å². The molecule has 0 aliphatic carbocycles. The van der Waals surface area contributed by atoms with E-state index in [2.05, 4.69) is 31.1 Å². The van der Waals surface area contributed by atoms with Crippen LogP contribution in [0.5, 0.6) is 0 Å². The molecule has 0 radical (unpaired) electrons. The number of nitrogens with one attached hydrogen (secondary N) is 1. The number of carbonyl (C=O) groups excluding carboxylic acids is 2. The quantitative estimate of drug-likeness (QED) is 0.813. The number of fused-ring (bicyclic) bond motifs is 1. The number of imide groups is 1. The molecule has 0 unspecified atom stereocenters. The first-order valence-electron chi connectivity index (χ1n) is 7.64. The third kappa shape index (κ3) is 2.59. The van der Waals surface area contributed by atoms with Gasteiger partial charge in [-0.1, -0.05) is 13.8 Å². The van der Waals surface area contributed by atoms with Crippen molar-refractivity contribution in [3.05, 3.63) is 35.5 Å². The molecule has 2 aliphatic rings. The Kier molecular flexibility index (Phi) is 3.64. The molecule has 0 atom stereocenters. The second-order valence-electron chi connectivity index (χ2n) is 6.67. The van der Waals surface area contributed by atoms with E-state index in [-0.39, 0.29) is 24.3 Å². The van der Waals surface area contributed by atoms with Crippen molar-refractivity contribution < 1.29 is 14.7 Å². The lowest BCUT2D eigenvalue weighted by Crippen LogP contribution is -2.34. The highest BCUT2D eigenvalue weighted by atomic mass is 16.3. The first-order valence-corrected chi connectivity index (χ1v) is 7.64. The van der Waals surface area contributed by atoms with Gasteiger partial charge in [0.25, 0.3) is 11.8 Å². The van der Waals surface area contributed by atoms with Crippen LogP contribution in [0.15, 0.2) is 30.0 Å². The van der Waals surface area contributed by atoms with Gasteiger partial charge in [-0.25, -0.2) is 0 Å². The summed E-state index contributed by atoms with van der Waals surface area (Å²) in [6.07, 6.45) is 1.28. The molecule has 6 nitrogen and oxygen atoms in total. The molecule has 23 heavy (non-hydrogen) atoms. The molecule has 0 saturated heterocycles. The van der Waals surface area contributed by atoms with Gasteiger partial charge in [-0.05, 0) is 23.8 Å². The van der Waals surface area contributed by atoms with E-state index in [1.165, 1.54) is 17.3 Å². The van der Waals surface area contributed by atoms with Crippen LogP contribution in [0.2, 0.25) is 0 Å². The molecule has 2 amide bonds. The first-order chi connectivity index (χ1) is 10.8. The molecular formula is C17H21N3O3. The van der Waals surface area contributed by atoms with Crippen molar-refractivity contribution in [2.75, 3.05) is 37.0 Å². The molecule has 6 heteroatoms. The van der Waals surface area contributed by atoms with Crippen molar-refractivity contribution >= 4 is 23.2 Å². The van der Waals surface area contributed by atoms with Crippen LogP contribution in [-0.2, 0) is 15.0 Å². The highest BCUT2D eigenvalue weighted by Gasteiger charge is 2.34. The lowest BCUT2D eigenvalue weighted by molar-refractivity contribution is -0.137. The van der Waals surface area contributed by atoms with Crippen molar-refractivity contribution in [3.63, 3.8) is 0 Å². The zero-order chi connectivity index (χ0) is 16.8. The molecule has 1 aromatic rings. The van der Waals surface area contributed by atoms with Crippen LogP contribution in [0.25, 0.3) is 0 Å². The van der Waals surface area contributed by atoms with Crippen LogP contribution >= 0.6 is 0 Å². The standard InChI is InChI=1S/C17H21N3O3/c1-17(2)10-19(3)14-5-4-11(8-12(14)17)18-13-9-15(22)20(6-7-21)16(13)23/h4-5,8-9,18,21H,6-7,10H2,1-3H3. The average Bonchev–Trinajstić information content (AvgIpc) is 2.87. The average molecular weight is 315 g/mol. The van der Waals surface area contributed by atoms with E-state index in [0.717, 1.165) is 17.1 Å². The number of rotatable bonds is 4. The number of nitrogens with zero attached hydrogens (tertiary/aromatic N) is 2. The Morgan fingerprint density at radius 3 is 2.74 bits per heavy atom. The Morgan fingerprint density at radius 2 is 2.04 bits per heavy atom. The zero-order valence-corrected chi connectivity index (χ0v) is 13.6. The van der Waals surface area contributed by atoms with Crippen molar-refractivity contribution in [2.45, 2.75) is 19.3 Å². The van der Waals surface area contributed by atoms with Gasteiger partial charge in [0.2, 0.25) is 0 Å².